The summed E-state index contributed by atoms with van der Waals surface area (Å²) in [4.78, 5) is 15.7. The van der Waals surface area contributed by atoms with Crippen LogP contribution in [0.15, 0.2) is 77.6 Å². The Bertz CT molecular complexity index is 1200. The van der Waals surface area contributed by atoms with Crippen molar-refractivity contribution in [1.82, 2.24) is 9.55 Å². The first kappa shape index (κ1) is 19.3. The summed E-state index contributed by atoms with van der Waals surface area (Å²) in [6.45, 7) is 0.510. The monoisotopic (exact) mass is 427 g/mol. The molecule has 0 bridgehead atoms. The van der Waals surface area contributed by atoms with E-state index in [9.17, 15) is 9.18 Å². The van der Waals surface area contributed by atoms with E-state index in [0.717, 1.165) is 5.56 Å². The zero-order valence-electron chi connectivity index (χ0n) is 15.1. The second kappa shape index (κ2) is 8.15. The number of rotatable bonds is 5. The first-order valence-electron chi connectivity index (χ1n) is 8.87. The lowest BCUT2D eigenvalue weighted by atomic mass is 10.1. The predicted molar refractivity (Wildman–Crippen MR) is 116 cm³/mol. The first-order chi connectivity index (χ1) is 14.0. The van der Waals surface area contributed by atoms with E-state index in [-0.39, 0.29) is 11.5 Å². The second-order valence-corrected chi connectivity index (χ2v) is 7.25. The summed E-state index contributed by atoms with van der Waals surface area (Å²) < 4.78 is 15.0. The maximum absolute atomic E-state index is 13.5. The van der Waals surface area contributed by atoms with Crippen LogP contribution in [0.5, 0.6) is 0 Å². The highest BCUT2D eigenvalue weighted by molar-refractivity contribution is 6.42. The zero-order valence-corrected chi connectivity index (χ0v) is 16.6. The number of nitrogens with zero attached hydrogens (tertiary/aromatic N) is 1. The highest BCUT2D eigenvalue weighted by atomic mass is 35.5. The molecule has 0 radical (unpaired) electrons. The number of imidazole rings is 1. The summed E-state index contributed by atoms with van der Waals surface area (Å²) >= 11 is 12.2. The molecule has 4 rings (SSSR count). The van der Waals surface area contributed by atoms with E-state index in [1.165, 1.54) is 16.7 Å². The largest absolute Gasteiger partial charge is 0.366 e. The average molecular weight is 428 g/mol. The Hall–Kier alpha value is -3.02. The van der Waals surface area contributed by atoms with Crippen LogP contribution in [0.4, 0.5) is 10.2 Å². The van der Waals surface area contributed by atoms with Crippen molar-refractivity contribution in [2.75, 3.05) is 5.32 Å². The van der Waals surface area contributed by atoms with Gasteiger partial charge in [-0.1, -0.05) is 53.5 Å². The van der Waals surface area contributed by atoms with Crippen molar-refractivity contribution in [2.24, 2.45) is 0 Å². The molecule has 0 saturated carbocycles. The van der Waals surface area contributed by atoms with Crippen LogP contribution in [0.2, 0.25) is 10.0 Å². The molecule has 3 aromatic carbocycles. The van der Waals surface area contributed by atoms with Crippen molar-refractivity contribution in [3.63, 3.8) is 0 Å². The Morgan fingerprint density at radius 3 is 2.34 bits per heavy atom. The average Bonchev–Trinajstić information content (AvgIpc) is 3.06. The van der Waals surface area contributed by atoms with Gasteiger partial charge in [0.1, 0.15) is 11.6 Å². The van der Waals surface area contributed by atoms with Gasteiger partial charge < -0.3 is 5.32 Å². The first-order valence-corrected chi connectivity index (χ1v) is 9.63. The van der Waals surface area contributed by atoms with Gasteiger partial charge in [0.05, 0.1) is 21.4 Å². The summed E-state index contributed by atoms with van der Waals surface area (Å²) in [6.07, 6.45) is 0. The van der Waals surface area contributed by atoms with Gasteiger partial charge in [-0.05, 0) is 48.0 Å². The highest BCUT2D eigenvalue weighted by Gasteiger charge is 2.18. The molecular formula is C22H16Cl2FN3O. The van der Waals surface area contributed by atoms with Crippen molar-refractivity contribution in [3.05, 3.63) is 105 Å². The number of benzene rings is 3. The Balaban J connectivity index is 1.83. The van der Waals surface area contributed by atoms with Crippen LogP contribution in [0.3, 0.4) is 0 Å². The lowest BCUT2D eigenvalue weighted by Gasteiger charge is -2.12. The Kier molecular flexibility index (Phi) is 5.43. The molecule has 2 N–H and O–H groups in total. The van der Waals surface area contributed by atoms with Crippen molar-refractivity contribution >= 4 is 29.0 Å². The number of aromatic nitrogens is 2. The minimum atomic E-state index is -0.355. The maximum Gasteiger partial charge on any atom is 0.332 e. The molecule has 0 aliphatic rings. The number of hydrogen-bond donors (Lipinski definition) is 2. The van der Waals surface area contributed by atoms with Crippen LogP contribution in [0, 0.1) is 5.82 Å². The van der Waals surface area contributed by atoms with Gasteiger partial charge in [-0.25, -0.2) is 9.18 Å². The van der Waals surface area contributed by atoms with Crippen molar-refractivity contribution < 1.29 is 4.39 Å². The molecule has 0 aliphatic heterocycles. The van der Waals surface area contributed by atoms with Gasteiger partial charge in [-0.2, -0.15) is 0 Å². The van der Waals surface area contributed by atoms with Crippen LogP contribution < -0.4 is 11.0 Å². The van der Waals surface area contributed by atoms with Crippen LogP contribution in [-0.4, -0.2) is 9.55 Å². The van der Waals surface area contributed by atoms with Crippen LogP contribution in [0.25, 0.3) is 16.9 Å². The molecule has 146 valence electrons. The lowest BCUT2D eigenvalue weighted by Crippen LogP contribution is -2.15. The smallest absolute Gasteiger partial charge is 0.332 e. The molecule has 4 nitrogen and oxygen atoms in total. The highest BCUT2D eigenvalue weighted by Crippen LogP contribution is 2.31. The number of halogens is 3. The number of aromatic amines is 1. The van der Waals surface area contributed by atoms with E-state index >= 15 is 0 Å². The second-order valence-electron chi connectivity index (χ2n) is 6.43. The van der Waals surface area contributed by atoms with Gasteiger partial charge >= 0.3 is 5.69 Å². The molecule has 1 heterocycles. The molecule has 7 heteroatoms. The molecule has 4 aromatic rings. The van der Waals surface area contributed by atoms with Gasteiger partial charge in [0, 0.05) is 12.1 Å². The van der Waals surface area contributed by atoms with Crippen molar-refractivity contribution in [1.29, 1.82) is 0 Å². The summed E-state index contributed by atoms with van der Waals surface area (Å²) in [5.74, 6) is 0.169. The summed E-state index contributed by atoms with van der Waals surface area (Å²) in [5, 5.41) is 4.00. The fourth-order valence-electron chi connectivity index (χ4n) is 3.10. The van der Waals surface area contributed by atoms with Gasteiger partial charge in [0.15, 0.2) is 0 Å². The molecule has 0 amide bonds. The fraction of sp³-hybridized carbons (Fsp3) is 0.0455. The molecule has 0 unspecified atom stereocenters. The number of H-pyrrole nitrogens is 1. The number of nitrogens with one attached hydrogen (secondary N) is 2. The molecule has 0 atom stereocenters. The van der Waals surface area contributed by atoms with Crippen LogP contribution in [-0.2, 0) is 6.54 Å². The normalized spacial score (nSPS) is 10.9. The molecule has 0 aliphatic carbocycles. The zero-order chi connectivity index (χ0) is 20.4. The number of hydrogen-bond acceptors (Lipinski definition) is 2. The summed E-state index contributed by atoms with van der Waals surface area (Å²) in [6, 6.07) is 20.7. The lowest BCUT2D eigenvalue weighted by molar-refractivity contribution is 0.628. The molecule has 1 aromatic heterocycles. The van der Waals surface area contributed by atoms with E-state index < -0.39 is 0 Å². The molecular weight excluding hydrogens is 412 g/mol. The summed E-state index contributed by atoms with van der Waals surface area (Å²) in [7, 11) is 0. The van der Waals surface area contributed by atoms with E-state index in [1.807, 2.05) is 30.3 Å². The van der Waals surface area contributed by atoms with Crippen LogP contribution >= 0.6 is 23.2 Å². The third kappa shape index (κ3) is 4.06. The van der Waals surface area contributed by atoms with Gasteiger partial charge in [0.25, 0.3) is 0 Å². The van der Waals surface area contributed by atoms with E-state index in [0.29, 0.717) is 39.4 Å². The SMILES string of the molecule is O=c1[nH]c(NCc2ccccc2)c(-c2ccc(F)cc2)n1-c1ccc(Cl)c(Cl)c1. The van der Waals surface area contributed by atoms with Crippen molar-refractivity contribution in [2.45, 2.75) is 6.54 Å². The molecule has 29 heavy (non-hydrogen) atoms. The van der Waals surface area contributed by atoms with E-state index in [1.54, 1.807) is 30.3 Å². The number of anilines is 1. The Morgan fingerprint density at radius 1 is 0.931 bits per heavy atom. The minimum Gasteiger partial charge on any atom is -0.366 e. The standard InChI is InChI=1S/C22H16Cl2FN3O/c23-18-11-10-17(12-19(18)24)28-20(15-6-8-16(25)9-7-15)21(27-22(28)29)26-13-14-4-2-1-3-5-14/h1-12,26H,13H2,(H,27,29). The Morgan fingerprint density at radius 2 is 1.66 bits per heavy atom. The minimum absolute atomic E-state index is 0.334. The summed E-state index contributed by atoms with van der Waals surface area (Å²) in [5.41, 5.74) is 2.50. The Labute approximate surface area is 176 Å². The third-order valence-corrected chi connectivity index (χ3v) is 5.23. The van der Waals surface area contributed by atoms with E-state index in [4.69, 9.17) is 23.2 Å². The van der Waals surface area contributed by atoms with Crippen LogP contribution in [0.1, 0.15) is 5.56 Å². The topological polar surface area (TPSA) is 49.8 Å². The third-order valence-electron chi connectivity index (χ3n) is 4.49. The quantitative estimate of drug-likeness (QED) is 0.417. The maximum atomic E-state index is 13.5. The van der Waals surface area contributed by atoms with Gasteiger partial charge in [-0.3, -0.25) is 9.55 Å². The van der Waals surface area contributed by atoms with E-state index in [2.05, 4.69) is 10.3 Å². The molecule has 0 saturated heterocycles. The van der Waals surface area contributed by atoms with Gasteiger partial charge in [-0.15, -0.1) is 0 Å². The fourth-order valence-corrected chi connectivity index (χ4v) is 3.39. The molecule has 0 spiro atoms. The van der Waals surface area contributed by atoms with Crippen molar-refractivity contribution in [3.8, 4) is 16.9 Å². The predicted octanol–water partition coefficient (Wildman–Crippen LogP) is 5.89. The van der Waals surface area contributed by atoms with Gasteiger partial charge in [0.2, 0.25) is 0 Å². The molecule has 0 fully saturated rings.